The number of hydrogen-bond donors (Lipinski definition) is 1. The van der Waals surface area contributed by atoms with Crippen LogP contribution in [-0.2, 0) is 16.2 Å². The van der Waals surface area contributed by atoms with Crippen molar-refractivity contribution in [2.45, 2.75) is 78.6 Å². The maximum absolute atomic E-state index is 12.4. The van der Waals surface area contributed by atoms with Crippen LogP contribution in [0.4, 0.5) is 0 Å². The average Bonchev–Trinajstić information content (AvgIpc) is 3.77. The predicted octanol–water partition coefficient (Wildman–Crippen LogP) is 14.1. The quantitative estimate of drug-likeness (QED) is 0.181. The minimum Gasteiger partial charge on any atom is -0.507 e. The SMILES string of the molecule is CC(C)(C)c1cc(-c2cc(-c3ccccc3)ccn2)cc(-c2ccc3c4c2nc(-c2cc(C(C)(C)C)cc(C(C)(C)C)c2O)n4c2cccc4c5ccccc5n3c42)c1. The van der Waals surface area contributed by atoms with Crippen molar-refractivity contribution in [3.8, 4) is 50.6 Å². The molecule has 6 aromatic carbocycles. The van der Waals surface area contributed by atoms with Gasteiger partial charge in [0, 0.05) is 33.7 Å². The Morgan fingerprint density at radius 3 is 1.88 bits per heavy atom. The smallest absolute Gasteiger partial charge is 0.149 e. The number of para-hydroxylation sites is 2. The molecule has 0 aliphatic heterocycles. The van der Waals surface area contributed by atoms with Crippen LogP contribution in [0.5, 0.6) is 5.75 Å². The van der Waals surface area contributed by atoms with Crippen LogP contribution in [0.1, 0.15) is 79.0 Å². The molecule has 5 nitrogen and oxygen atoms in total. The van der Waals surface area contributed by atoms with E-state index < -0.39 is 0 Å². The Balaban J connectivity index is 1.33. The molecule has 5 heteroatoms. The van der Waals surface area contributed by atoms with Crippen LogP contribution in [0.2, 0.25) is 0 Å². The number of aromatic hydroxyl groups is 1. The Bertz CT molecular complexity index is 3270. The van der Waals surface area contributed by atoms with E-state index in [0.29, 0.717) is 0 Å². The van der Waals surface area contributed by atoms with Gasteiger partial charge < -0.3 is 9.51 Å². The maximum atomic E-state index is 12.4. The summed E-state index contributed by atoms with van der Waals surface area (Å²) < 4.78 is 4.74. The summed E-state index contributed by atoms with van der Waals surface area (Å²) in [4.78, 5) is 10.6. The van der Waals surface area contributed by atoms with E-state index in [1.807, 2.05) is 6.20 Å². The summed E-state index contributed by atoms with van der Waals surface area (Å²) in [6.07, 6.45) is 1.91. The third-order valence-corrected chi connectivity index (χ3v) is 12.2. The second-order valence-electron chi connectivity index (χ2n) is 19.4. The maximum Gasteiger partial charge on any atom is 0.149 e. The van der Waals surface area contributed by atoms with Crippen molar-refractivity contribution >= 4 is 43.9 Å². The number of pyridine rings is 1. The molecule has 10 rings (SSSR count). The van der Waals surface area contributed by atoms with Gasteiger partial charge in [0.1, 0.15) is 11.6 Å². The van der Waals surface area contributed by atoms with Gasteiger partial charge in [0.25, 0.3) is 0 Å². The van der Waals surface area contributed by atoms with Crippen molar-refractivity contribution in [2.75, 3.05) is 0 Å². The first-order valence-corrected chi connectivity index (χ1v) is 20.7. The molecule has 0 amide bonds. The summed E-state index contributed by atoms with van der Waals surface area (Å²) in [5.74, 6) is 1.01. The zero-order valence-corrected chi connectivity index (χ0v) is 35.4. The highest BCUT2D eigenvalue weighted by Crippen LogP contribution is 2.47. The highest BCUT2D eigenvalue weighted by Gasteiger charge is 2.30. The zero-order valence-electron chi connectivity index (χ0n) is 35.4. The van der Waals surface area contributed by atoms with E-state index in [0.717, 1.165) is 89.1 Å². The van der Waals surface area contributed by atoms with Gasteiger partial charge in [0.2, 0.25) is 0 Å². The van der Waals surface area contributed by atoms with Crippen molar-refractivity contribution in [2.24, 2.45) is 0 Å². The van der Waals surface area contributed by atoms with E-state index in [-0.39, 0.29) is 22.0 Å². The number of phenolic OH excluding ortho intramolecular Hbond substituents is 1. The minimum absolute atomic E-state index is 0.131. The average molecular weight is 771 g/mol. The lowest BCUT2D eigenvalue weighted by molar-refractivity contribution is 0.446. The van der Waals surface area contributed by atoms with Crippen LogP contribution >= 0.6 is 0 Å². The summed E-state index contributed by atoms with van der Waals surface area (Å²) in [5.41, 5.74) is 16.1. The highest BCUT2D eigenvalue weighted by molar-refractivity contribution is 6.18. The molecule has 4 aromatic heterocycles. The number of rotatable bonds is 4. The minimum atomic E-state index is -0.299. The van der Waals surface area contributed by atoms with Crippen molar-refractivity contribution in [1.82, 2.24) is 18.8 Å². The monoisotopic (exact) mass is 770 g/mol. The van der Waals surface area contributed by atoms with E-state index in [2.05, 4.69) is 199 Å². The second kappa shape index (κ2) is 12.8. The lowest BCUT2D eigenvalue weighted by atomic mass is 9.79. The molecule has 0 aliphatic rings. The Labute approximate surface area is 346 Å². The van der Waals surface area contributed by atoms with Gasteiger partial charge in [0.05, 0.1) is 44.4 Å². The lowest BCUT2D eigenvalue weighted by Gasteiger charge is -2.27. The molecule has 0 fully saturated rings. The van der Waals surface area contributed by atoms with Gasteiger partial charge in [-0.15, -0.1) is 0 Å². The molecule has 0 saturated heterocycles. The van der Waals surface area contributed by atoms with Gasteiger partial charge in [-0.2, -0.15) is 0 Å². The van der Waals surface area contributed by atoms with Gasteiger partial charge >= 0.3 is 0 Å². The van der Waals surface area contributed by atoms with Crippen molar-refractivity contribution < 1.29 is 5.11 Å². The first-order valence-electron chi connectivity index (χ1n) is 20.7. The number of nitrogens with zero attached hydrogens (tertiary/aromatic N) is 4. The number of imidazole rings is 1. The van der Waals surface area contributed by atoms with E-state index >= 15 is 0 Å². The molecule has 0 radical (unpaired) electrons. The molecule has 4 heterocycles. The van der Waals surface area contributed by atoms with Crippen LogP contribution in [0.3, 0.4) is 0 Å². The van der Waals surface area contributed by atoms with Crippen LogP contribution in [0, 0.1) is 0 Å². The highest BCUT2D eigenvalue weighted by atomic mass is 16.3. The zero-order chi connectivity index (χ0) is 41.2. The topological polar surface area (TPSA) is 54.8 Å². The van der Waals surface area contributed by atoms with E-state index in [9.17, 15) is 5.11 Å². The predicted molar refractivity (Wildman–Crippen MR) is 247 cm³/mol. The molecule has 59 heavy (non-hydrogen) atoms. The summed E-state index contributed by atoms with van der Waals surface area (Å²) >= 11 is 0. The third kappa shape index (κ3) is 5.81. The van der Waals surface area contributed by atoms with Crippen molar-refractivity contribution in [1.29, 1.82) is 0 Å². The van der Waals surface area contributed by atoms with Gasteiger partial charge in [0.15, 0.2) is 0 Å². The molecule has 0 atom stereocenters. The summed E-state index contributed by atoms with van der Waals surface area (Å²) in [6, 6.07) is 45.8. The number of benzene rings is 6. The molecule has 292 valence electrons. The number of hydrogen-bond acceptors (Lipinski definition) is 3. The Morgan fingerprint density at radius 1 is 0.475 bits per heavy atom. The number of phenols is 1. The number of aromatic nitrogens is 4. The number of fused-ring (bicyclic) bond motifs is 5. The fourth-order valence-electron chi connectivity index (χ4n) is 9.00. The molecule has 0 aliphatic carbocycles. The molecule has 1 N–H and O–H groups in total. The van der Waals surface area contributed by atoms with Gasteiger partial charge in [-0.1, -0.05) is 135 Å². The van der Waals surface area contributed by atoms with Crippen LogP contribution in [-0.4, -0.2) is 23.9 Å². The normalized spacial score (nSPS) is 12.9. The van der Waals surface area contributed by atoms with E-state index in [4.69, 9.17) is 9.97 Å². The van der Waals surface area contributed by atoms with E-state index in [1.54, 1.807) is 0 Å². The lowest BCUT2D eigenvalue weighted by Crippen LogP contribution is -2.17. The Kier molecular flexibility index (Phi) is 7.98. The van der Waals surface area contributed by atoms with Gasteiger partial charge in [-0.25, -0.2) is 4.98 Å². The van der Waals surface area contributed by atoms with Crippen molar-refractivity contribution in [3.63, 3.8) is 0 Å². The first-order chi connectivity index (χ1) is 28.1. The summed E-state index contributed by atoms with van der Waals surface area (Å²) in [6.45, 7) is 20.0. The Morgan fingerprint density at radius 2 is 1.14 bits per heavy atom. The van der Waals surface area contributed by atoms with Crippen molar-refractivity contribution in [3.05, 3.63) is 150 Å². The third-order valence-electron chi connectivity index (χ3n) is 12.2. The van der Waals surface area contributed by atoms with Crippen LogP contribution in [0.25, 0.3) is 88.8 Å². The molecule has 0 spiro atoms. The van der Waals surface area contributed by atoms with Crippen LogP contribution in [0.15, 0.2) is 134 Å². The standard InChI is InChI=1S/C54H50N4O/c1-52(2,3)36-27-34(26-35(28-36)43-29-33(24-25-55-43)32-16-11-10-12-17-32)38-22-23-46-49-47(38)56-51(41-30-37(53(4,5)6)31-42(50(41)59)54(7,8)9)58(49)45-21-15-19-40-39-18-13-14-20-44(39)57(46)48(40)45/h10-31,59H,1-9H3. The molecule has 0 saturated carbocycles. The molecular formula is C54H50N4O. The summed E-state index contributed by atoms with van der Waals surface area (Å²) in [5, 5.41) is 14.8. The van der Waals surface area contributed by atoms with Gasteiger partial charge in [-0.3, -0.25) is 9.38 Å². The van der Waals surface area contributed by atoms with Crippen LogP contribution < -0.4 is 0 Å². The second-order valence-corrected chi connectivity index (χ2v) is 19.4. The van der Waals surface area contributed by atoms with E-state index in [1.165, 1.54) is 16.3 Å². The first kappa shape index (κ1) is 36.9. The molecular weight excluding hydrogens is 721 g/mol. The fourth-order valence-corrected chi connectivity index (χ4v) is 9.00. The van der Waals surface area contributed by atoms with Gasteiger partial charge in [-0.05, 0) is 98.7 Å². The Hall–Kier alpha value is -6.46. The fraction of sp³-hybridized carbons (Fsp3) is 0.222. The molecule has 0 bridgehead atoms. The molecule has 10 aromatic rings. The summed E-state index contributed by atoms with van der Waals surface area (Å²) in [7, 11) is 0. The molecule has 0 unspecified atom stereocenters. The largest absolute Gasteiger partial charge is 0.507 e.